The lowest BCUT2D eigenvalue weighted by molar-refractivity contribution is -0.127. The summed E-state index contributed by atoms with van der Waals surface area (Å²) in [5, 5.41) is 0.717. The predicted molar refractivity (Wildman–Crippen MR) is 160 cm³/mol. The van der Waals surface area contributed by atoms with Crippen molar-refractivity contribution in [3.05, 3.63) is 79.3 Å². The Morgan fingerprint density at radius 1 is 1.02 bits per heavy atom. The van der Waals surface area contributed by atoms with E-state index in [9.17, 15) is 18.0 Å². The Morgan fingerprint density at radius 3 is 2.49 bits per heavy atom. The molecule has 1 aliphatic heterocycles. The van der Waals surface area contributed by atoms with Crippen molar-refractivity contribution in [3.63, 3.8) is 0 Å². The van der Waals surface area contributed by atoms with E-state index in [1.54, 1.807) is 23.1 Å². The molecule has 0 unspecified atom stereocenters. The minimum Gasteiger partial charge on any atom is -0.479 e. The van der Waals surface area contributed by atoms with Crippen LogP contribution in [0.25, 0.3) is 22.0 Å². The second-order valence-corrected chi connectivity index (χ2v) is 11.7. The van der Waals surface area contributed by atoms with Crippen LogP contribution in [-0.4, -0.2) is 72.7 Å². The number of amides is 1. The van der Waals surface area contributed by atoms with Gasteiger partial charge in [-0.25, -0.2) is 15.0 Å². The molecule has 222 valence electrons. The molecule has 1 saturated heterocycles. The van der Waals surface area contributed by atoms with Crippen molar-refractivity contribution in [2.45, 2.75) is 24.8 Å². The summed E-state index contributed by atoms with van der Waals surface area (Å²) in [4.78, 5) is 40.4. The molecule has 0 aliphatic carbocycles. The fourth-order valence-corrected chi connectivity index (χ4v) is 5.99. The lowest BCUT2D eigenvalue weighted by Gasteiger charge is -2.40. The number of sulfonamides is 1. The first-order chi connectivity index (χ1) is 20.6. The molecule has 1 fully saturated rings. The second-order valence-electron chi connectivity index (χ2n) is 9.99. The van der Waals surface area contributed by atoms with Gasteiger partial charge in [0.2, 0.25) is 11.8 Å². The fraction of sp³-hybridized carbons (Fsp3) is 0.233. The van der Waals surface area contributed by atoms with Crippen LogP contribution in [0.15, 0.2) is 84.2 Å². The van der Waals surface area contributed by atoms with Gasteiger partial charge in [-0.1, -0.05) is 33.3 Å². The Balaban J connectivity index is 1.48. The normalized spacial score (nSPS) is 15.6. The quantitative estimate of drug-likeness (QED) is 0.217. The predicted octanol–water partition coefficient (Wildman–Crippen LogP) is 3.96. The third-order valence-electron chi connectivity index (χ3n) is 7.09. The molecule has 0 N–H and O–H groups in total. The lowest BCUT2D eigenvalue weighted by Crippen LogP contribution is -2.53. The molecule has 1 aliphatic rings. The van der Waals surface area contributed by atoms with Gasteiger partial charge in [0.25, 0.3) is 10.0 Å². The highest BCUT2D eigenvalue weighted by molar-refractivity contribution is 7.92. The number of pyridine rings is 1. The molecular formula is C30H29FN6O5S. The largest absolute Gasteiger partial charge is 0.479 e. The number of rotatable bonds is 8. The number of hydrogen-bond acceptors (Lipinski definition) is 9. The van der Waals surface area contributed by atoms with Crippen LogP contribution in [0.4, 0.5) is 16.0 Å². The number of piperazine rings is 1. The number of carbonyl (C=O) groups is 2. The number of allylic oxidation sites excluding steroid dienone is 1. The van der Waals surface area contributed by atoms with Crippen LogP contribution in [-0.2, 0) is 19.6 Å². The van der Waals surface area contributed by atoms with Gasteiger partial charge in [0.15, 0.2) is 5.78 Å². The molecule has 0 saturated carbocycles. The van der Waals surface area contributed by atoms with Gasteiger partial charge < -0.3 is 14.5 Å². The van der Waals surface area contributed by atoms with E-state index >= 15 is 4.48 Å². The lowest BCUT2D eigenvalue weighted by atomic mass is 10.0. The van der Waals surface area contributed by atoms with Crippen molar-refractivity contribution < 1.29 is 27.2 Å². The Labute approximate surface area is 248 Å². The summed E-state index contributed by atoms with van der Waals surface area (Å²) >= 11 is 0. The Hall–Kier alpha value is -4.91. The summed E-state index contributed by atoms with van der Waals surface area (Å²) < 4.78 is 46.4. The Morgan fingerprint density at radius 2 is 1.79 bits per heavy atom. The highest BCUT2D eigenvalue weighted by atomic mass is 32.2. The van der Waals surface area contributed by atoms with E-state index in [0.29, 0.717) is 42.1 Å². The van der Waals surface area contributed by atoms with Crippen molar-refractivity contribution in [2.24, 2.45) is 0 Å². The first kappa shape index (κ1) is 29.6. The minimum absolute atomic E-state index is 0.0947. The average molecular weight is 605 g/mol. The van der Waals surface area contributed by atoms with Crippen molar-refractivity contribution in [1.82, 2.24) is 19.9 Å². The van der Waals surface area contributed by atoms with Crippen LogP contribution < -0.4 is 14.2 Å². The maximum Gasteiger partial charge on any atom is 0.290 e. The van der Waals surface area contributed by atoms with Crippen LogP contribution in [0.2, 0.25) is 0 Å². The number of halogens is 1. The summed E-state index contributed by atoms with van der Waals surface area (Å²) in [7, 11) is -3.25. The van der Waals surface area contributed by atoms with E-state index in [0.717, 1.165) is 5.39 Å². The molecule has 11 nitrogen and oxygen atoms in total. The first-order valence-electron chi connectivity index (χ1n) is 13.4. The molecule has 0 spiro atoms. The number of fused-ring (bicyclic) bond motifs is 1. The molecule has 0 radical (unpaired) electrons. The fourth-order valence-electron chi connectivity index (χ4n) is 4.91. The molecule has 4 aromatic rings. The molecule has 5 rings (SSSR count). The van der Waals surface area contributed by atoms with Crippen LogP contribution in [0.3, 0.4) is 0 Å². The van der Waals surface area contributed by atoms with E-state index in [1.807, 2.05) is 13.0 Å². The van der Waals surface area contributed by atoms with E-state index in [2.05, 4.69) is 19.9 Å². The summed E-state index contributed by atoms with van der Waals surface area (Å²) in [6.45, 7) is 4.74. The van der Waals surface area contributed by atoms with Crippen LogP contribution in [0.5, 0.6) is 5.88 Å². The molecule has 1 amide bonds. The number of hydrogen-bond donors (Lipinski definition) is 0. The highest BCUT2D eigenvalue weighted by Crippen LogP contribution is 2.36. The third kappa shape index (κ3) is 6.02. The smallest absolute Gasteiger partial charge is 0.290 e. The maximum absolute atomic E-state index is 15.6. The third-order valence-corrected chi connectivity index (χ3v) is 8.57. The van der Waals surface area contributed by atoms with Crippen LogP contribution in [0.1, 0.15) is 13.8 Å². The zero-order chi connectivity index (χ0) is 30.7. The first-order valence-corrected chi connectivity index (χ1v) is 14.8. The molecule has 13 heteroatoms. The van der Waals surface area contributed by atoms with Crippen molar-refractivity contribution >= 4 is 44.1 Å². The summed E-state index contributed by atoms with van der Waals surface area (Å²) in [6.07, 6.45) is 5.49. The van der Waals surface area contributed by atoms with Crippen molar-refractivity contribution in [2.75, 3.05) is 36.2 Å². The number of ketones is 1. The van der Waals surface area contributed by atoms with Gasteiger partial charge in [-0.3, -0.25) is 9.59 Å². The van der Waals surface area contributed by atoms with Gasteiger partial charge in [-0.2, -0.15) is 8.42 Å². The van der Waals surface area contributed by atoms with E-state index < -0.39 is 10.0 Å². The number of anilines is 2. The topological polar surface area (TPSA) is 126 Å². The molecule has 3 heterocycles. The number of ether oxygens (including phenoxy) is 1. The standard InChI is InChI=1S/C30H29FN6O5S/c1-20-18-35(28(39)12-9-21(2)38)13-14-36(20)29-25-15-22(10-11-26(25)33-19-34-29)23-16-27(30(42-3)32-17-23)37(31)43(40,41)24-7-5-4-6-8-24/h4-12,15-17,19-20H,13-14,18H2,1-3H3/b12-9+/t20-/m0/s1. The van der Waals surface area contributed by atoms with Gasteiger partial charge in [0, 0.05) is 48.9 Å². The molecule has 2 aromatic carbocycles. The van der Waals surface area contributed by atoms with Gasteiger partial charge in [0.05, 0.1) is 17.5 Å². The highest BCUT2D eigenvalue weighted by Gasteiger charge is 2.30. The van der Waals surface area contributed by atoms with Crippen LogP contribution >= 0.6 is 0 Å². The van der Waals surface area contributed by atoms with E-state index in [4.69, 9.17) is 4.74 Å². The summed E-state index contributed by atoms with van der Waals surface area (Å²) in [5.74, 6) is 0.0381. The zero-order valence-corrected chi connectivity index (χ0v) is 24.5. The van der Waals surface area contributed by atoms with E-state index in [1.165, 1.54) is 69.0 Å². The maximum atomic E-state index is 15.6. The monoisotopic (exact) mass is 604 g/mol. The van der Waals surface area contributed by atoms with Crippen molar-refractivity contribution in [3.8, 4) is 17.0 Å². The van der Waals surface area contributed by atoms with Crippen LogP contribution in [0, 0.1) is 0 Å². The molecule has 1 atom stereocenters. The minimum atomic E-state index is -4.53. The molecular weight excluding hydrogens is 575 g/mol. The summed E-state index contributed by atoms with van der Waals surface area (Å²) in [5.41, 5.74) is 1.37. The van der Waals surface area contributed by atoms with Gasteiger partial charge in [-0.05, 0) is 55.8 Å². The SMILES string of the molecule is COc1ncc(-c2ccc3ncnc(N4CCN(C(=O)/C=C/C(C)=O)C[C@@H]4C)c3c2)cc1N(F)S(=O)(=O)c1ccccc1. The molecule has 43 heavy (non-hydrogen) atoms. The molecule has 0 bridgehead atoms. The molecule has 2 aromatic heterocycles. The van der Waals surface area contributed by atoms with E-state index in [-0.39, 0.29) is 38.7 Å². The number of aromatic nitrogens is 3. The number of methoxy groups -OCH3 is 1. The number of carbonyl (C=O) groups excluding carboxylic acids is 2. The Bertz CT molecular complexity index is 1820. The van der Waals surface area contributed by atoms with Crippen molar-refractivity contribution in [1.29, 1.82) is 0 Å². The average Bonchev–Trinajstić information content (AvgIpc) is 3.02. The Kier molecular flexibility index (Phi) is 8.35. The van der Waals surface area contributed by atoms with Gasteiger partial charge >= 0.3 is 0 Å². The zero-order valence-electron chi connectivity index (χ0n) is 23.7. The van der Waals surface area contributed by atoms with Gasteiger partial charge in [0.1, 0.15) is 17.8 Å². The van der Waals surface area contributed by atoms with Gasteiger partial charge in [-0.15, -0.1) is 0 Å². The summed E-state index contributed by atoms with van der Waals surface area (Å²) in [6, 6.07) is 13.9. The number of nitrogens with zero attached hydrogens (tertiary/aromatic N) is 6. The number of benzene rings is 2. The second kappa shape index (κ2) is 12.1.